The third-order valence-electron chi connectivity index (χ3n) is 3.28. The summed E-state index contributed by atoms with van der Waals surface area (Å²) in [7, 11) is 0. The normalized spacial score (nSPS) is 13.0. The minimum Gasteiger partial charge on any atom is -0.309 e. The van der Waals surface area contributed by atoms with Gasteiger partial charge >= 0.3 is 0 Å². The molecule has 1 rings (SSSR count). The SMILES string of the molecule is CCNC(CC(CC)CC)c1ccc(Br)cn1. The quantitative estimate of drug-likeness (QED) is 0.811. The molecule has 0 bridgehead atoms. The summed E-state index contributed by atoms with van der Waals surface area (Å²) < 4.78 is 1.04. The van der Waals surface area contributed by atoms with Gasteiger partial charge in [-0.25, -0.2) is 0 Å². The molecule has 3 heteroatoms. The number of pyridine rings is 1. The molecule has 0 spiro atoms. The summed E-state index contributed by atoms with van der Waals surface area (Å²) in [5.74, 6) is 0.782. The Balaban J connectivity index is 2.73. The second kappa shape index (κ2) is 7.83. The predicted octanol–water partition coefficient (Wildman–Crippen LogP) is 4.32. The standard InChI is InChI=1S/C14H23BrN2/c1-4-11(5-2)9-14(16-6-3)13-8-7-12(15)10-17-13/h7-8,10-11,14,16H,4-6,9H2,1-3H3. The van der Waals surface area contributed by atoms with Crippen LogP contribution in [-0.2, 0) is 0 Å². The molecule has 0 radical (unpaired) electrons. The Kier molecular flexibility index (Phi) is 6.75. The minimum atomic E-state index is 0.387. The van der Waals surface area contributed by atoms with E-state index in [-0.39, 0.29) is 0 Å². The van der Waals surface area contributed by atoms with Crippen molar-refractivity contribution in [1.29, 1.82) is 0 Å². The van der Waals surface area contributed by atoms with E-state index in [0.29, 0.717) is 6.04 Å². The number of nitrogens with zero attached hydrogens (tertiary/aromatic N) is 1. The lowest BCUT2D eigenvalue weighted by molar-refractivity contribution is 0.371. The van der Waals surface area contributed by atoms with E-state index < -0.39 is 0 Å². The van der Waals surface area contributed by atoms with Crippen molar-refractivity contribution in [2.75, 3.05) is 6.54 Å². The lowest BCUT2D eigenvalue weighted by Gasteiger charge is -2.22. The van der Waals surface area contributed by atoms with Crippen molar-refractivity contribution >= 4 is 15.9 Å². The van der Waals surface area contributed by atoms with E-state index in [1.807, 2.05) is 6.20 Å². The first-order valence-corrected chi connectivity index (χ1v) is 7.35. The molecule has 1 heterocycles. The zero-order valence-corrected chi connectivity index (χ0v) is 12.6. The molecule has 96 valence electrons. The van der Waals surface area contributed by atoms with E-state index in [1.54, 1.807) is 0 Å². The summed E-state index contributed by atoms with van der Waals surface area (Å²) in [6.45, 7) is 7.68. The fraction of sp³-hybridized carbons (Fsp3) is 0.643. The number of hydrogen-bond donors (Lipinski definition) is 1. The summed E-state index contributed by atoms with van der Waals surface area (Å²) in [6, 6.07) is 4.57. The number of nitrogens with one attached hydrogen (secondary N) is 1. The third-order valence-corrected chi connectivity index (χ3v) is 3.75. The molecule has 1 aromatic heterocycles. The zero-order chi connectivity index (χ0) is 12.7. The molecule has 0 saturated carbocycles. The van der Waals surface area contributed by atoms with Crippen LogP contribution in [-0.4, -0.2) is 11.5 Å². The lowest BCUT2D eigenvalue weighted by atomic mass is 9.93. The molecule has 0 amide bonds. The second-order valence-corrected chi connectivity index (χ2v) is 5.35. The van der Waals surface area contributed by atoms with Crippen LogP contribution in [0.3, 0.4) is 0 Å². The Bertz CT molecular complexity index is 307. The van der Waals surface area contributed by atoms with Gasteiger partial charge in [0.05, 0.1) is 5.69 Å². The van der Waals surface area contributed by atoms with Crippen molar-refractivity contribution < 1.29 is 0 Å². The highest BCUT2D eigenvalue weighted by Crippen LogP contribution is 2.24. The minimum absolute atomic E-state index is 0.387. The molecule has 1 unspecified atom stereocenters. The molecule has 0 fully saturated rings. The summed E-state index contributed by atoms with van der Waals surface area (Å²) >= 11 is 3.43. The maximum atomic E-state index is 4.51. The fourth-order valence-corrected chi connectivity index (χ4v) is 2.34. The Labute approximate surface area is 113 Å². The van der Waals surface area contributed by atoms with E-state index >= 15 is 0 Å². The van der Waals surface area contributed by atoms with E-state index in [1.165, 1.54) is 19.3 Å². The van der Waals surface area contributed by atoms with Crippen molar-refractivity contribution in [3.8, 4) is 0 Å². The van der Waals surface area contributed by atoms with Crippen LogP contribution in [0.1, 0.15) is 51.8 Å². The van der Waals surface area contributed by atoms with Crippen LogP contribution in [0.5, 0.6) is 0 Å². The molecule has 17 heavy (non-hydrogen) atoms. The van der Waals surface area contributed by atoms with Crippen LogP contribution in [0.15, 0.2) is 22.8 Å². The highest BCUT2D eigenvalue weighted by atomic mass is 79.9. The van der Waals surface area contributed by atoms with Gasteiger partial charge in [-0.15, -0.1) is 0 Å². The van der Waals surface area contributed by atoms with Gasteiger partial charge in [0.1, 0.15) is 0 Å². The average molecular weight is 299 g/mol. The van der Waals surface area contributed by atoms with E-state index in [0.717, 1.165) is 22.6 Å². The molecule has 0 aliphatic heterocycles. The van der Waals surface area contributed by atoms with Gasteiger partial charge in [-0.3, -0.25) is 4.98 Å². The van der Waals surface area contributed by atoms with Gasteiger partial charge in [0.25, 0.3) is 0 Å². The van der Waals surface area contributed by atoms with E-state index in [4.69, 9.17) is 0 Å². The van der Waals surface area contributed by atoms with Crippen molar-refractivity contribution in [1.82, 2.24) is 10.3 Å². The molecule has 0 saturated heterocycles. The molecule has 1 N–H and O–H groups in total. The molecule has 0 aliphatic carbocycles. The lowest BCUT2D eigenvalue weighted by Crippen LogP contribution is -2.24. The molecule has 0 aromatic carbocycles. The smallest absolute Gasteiger partial charge is 0.0574 e. The first-order chi connectivity index (χ1) is 8.21. The van der Waals surface area contributed by atoms with Gasteiger partial charge in [-0.1, -0.05) is 33.6 Å². The largest absolute Gasteiger partial charge is 0.309 e. The second-order valence-electron chi connectivity index (χ2n) is 4.43. The van der Waals surface area contributed by atoms with E-state index in [9.17, 15) is 0 Å². The molecule has 1 aromatic rings. The van der Waals surface area contributed by atoms with Crippen LogP contribution in [0.25, 0.3) is 0 Å². The summed E-state index contributed by atoms with van der Waals surface area (Å²) in [5.41, 5.74) is 1.15. The van der Waals surface area contributed by atoms with Crippen LogP contribution in [0.2, 0.25) is 0 Å². The van der Waals surface area contributed by atoms with Gasteiger partial charge < -0.3 is 5.32 Å². The van der Waals surface area contributed by atoms with Crippen LogP contribution >= 0.6 is 15.9 Å². The van der Waals surface area contributed by atoms with Crippen LogP contribution < -0.4 is 5.32 Å². The maximum Gasteiger partial charge on any atom is 0.0574 e. The Hall–Kier alpha value is -0.410. The molecule has 2 nitrogen and oxygen atoms in total. The van der Waals surface area contributed by atoms with Crippen molar-refractivity contribution in [2.45, 2.75) is 46.1 Å². The monoisotopic (exact) mass is 298 g/mol. The van der Waals surface area contributed by atoms with Crippen LogP contribution in [0.4, 0.5) is 0 Å². The summed E-state index contributed by atoms with van der Waals surface area (Å²) in [6.07, 6.45) is 5.55. The first kappa shape index (κ1) is 14.7. The zero-order valence-electron chi connectivity index (χ0n) is 11.0. The molecular formula is C14H23BrN2. The third kappa shape index (κ3) is 4.76. The highest BCUT2D eigenvalue weighted by molar-refractivity contribution is 9.10. The molecule has 1 atom stereocenters. The molecule has 0 aliphatic rings. The van der Waals surface area contributed by atoms with E-state index in [2.05, 4.69) is 59.1 Å². The van der Waals surface area contributed by atoms with Gasteiger partial charge in [-0.05, 0) is 46.9 Å². The van der Waals surface area contributed by atoms with Crippen molar-refractivity contribution in [3.05, 3.63) is 28.5 Å². The number of rotatable bonds is 7. The number of aromatic nitrogens is 1. The van der Waals surface area contributed by atoms with Crippen molar-refractivity contribution in [3.63, 3.8) is 0 Å². The van der Waals surface area contributed by atoms with Crippen LogP contribution in [0, 0.1) is 5.92 Å². The number of hydrogen-bond acceptors (Lipinski definition) is 2. The Morgan fingerprint density at radius 2 is 1.94 bits per heavy atom. The van der Waals surface area contributed by atoms with Gasteiger partial charge in [-0.2, -0.15) is 0 Å². The summed E-state index contributed by atoms with van der Waals surface area (Å²) in [5, 5.41) is 3.54. The topological polar surface area (TPSA) is 24.9 Å². The average Bonchev–Trinajstić information content (AvgIpc) is 2.35. The van der Waals surface area contributed by atoms with Gasteiger partial charge in [0, 0.05) is 16.7 Å². The highest BCUT2D eigenvalue weighted by Gasteiger charge is 2.16. The number of halogens is 1. The fourth-order valence-electron chi connectivity index (χ4n) is 2.10. The Morgan fingerprint density at radius 3 is 2.41 bits per heavy atom. The first-order valence-electron chi connectivity index (χ1n) is 6.56. The molecular weight excluding hydrogens is 276 g/mol. The predicted molar refractivity (Wildman–Crippen MR) is 77.0 cm³/mol. The van der Waals surface area contributed by atoms with Crippen molar-refractivity contribution in [2.24, 2.45) is 5.92 Å². The maximum absolute atomic E-state index is 4.51. The van der Waals surface area contributed by atoms with Gasteiger partial charge in [0.15, 0.2) is 0 Å². The summed E-state index contributed by atoms with van der Waals surface area (Å²) in [4.78, 5) is 4.51. The van der Waals surface area contributed by atoms with Gasteiger partial charge in [0.2, 0.25) is 0 Å². The Morgan fingerprint density at radius 1 is 1.24 bits per heavy atom.